The summed E-state index contributed by atoms with van der Waals surface area (Å²) in [7, 11) is 0. The van der Waals surface area contributed by atoms with Gasteiger partial charge in [0.05, 0.1) is 10.7 Å². The van der Waals surface area contributed by atoms with Crippen molar-refractivity contribution in [3.8, 4) is 6.07 Å². The van der Waals surface area contributed by atoms with E-state index in [1.165, 1.54) is 30.5 Å². The maximum atomic E-state index is 13.0. The van der Waals surface area contributed by atoms with E-state index in [4.69, 9.17) is 16.9 Å². The lowest BCUT2D eigenvalue weighted by molar-refractivity contribution is 0.628. The Morgan fingerprint density at radius 1 is 1.35 bits per heavy atom. The van der Waals surface area contributed by atoms with Crippen LogP contribution in [0.2, 0.25) is 5.02 Å². The molecule has 0 bridgehead atoms. The van der Waals surface area contributed by atoms with Gasteiger partial charge in [-0.3, -0.25) is 0 Å². The van der Waals surface area contributed by atoms with Gasteiger partial charge in [0, 0.05) is 6.20 Å². The monoisotopic (exact) mass is 248 g/mol. The van der Waals surface area contributed by atoms with Crippen LogP contribution in [0.5, 0.6) is 0 Å². The number of nitrogens with zero attached hydrogens (tertiary/aromatic N) is 3. The lowest BCUT2D eigenvalue weighted by atomic mass is 10.3. The molecule has 0 atom stereocenters. The van der Waals surface area contributed by atoms with E-state index in [1.54, 1.807) is 0 Å². The van der Waals surface area contributed by atoms with Gasteiger partial charge < -0.3 is 5.32 Å². The third-order valence-electron chi connectivity index (χ3n) is 1.95. The van der Waals surface area contributed by atoms with E-state index in [-0.39, 0.29) is 11.6 Å². The van der Waals surface area contributed by atoms with Crippen molar-refractivity contribution in [1.82, 2.24) is 9.97 Å². The van der Waals surface area contributed by atoms with Gasteiger partial charge in [0.2, 0.25) is 5.95 Å². The molecule has 0 saturated carbocycles. The molecule has 2 rings (SSSR count). The number of rotatable bonds is 2. The smallest absolute Gasteiger partial charge is 0.228 e. The van der Waals surface area contributed by atoms with Gasteiger partial charge in [0.25, 0.3) is 0 Å². The molecule has 1 aromatic heterocycles. The second-order valence-electron chi connectivity index (χ2n) is 3.13. The van der Waals surface area contributed by atoms with Crippen LogP contribution in [0, 0.1) is 17.1 Å². The Kier molecular flexibility index (Phi) is 3.17. The highest BCUT2D eigenvalue weighted by Crippen LogP contribution is 2.24. The molecule has 0 saturated heterocycles. The second-order valence-corrected chi connectivity index (χ2v) is 3.53. The minimum atomic E-state index is -0.423. The molecule has 2 aromatic rings. The van der Waals surface area contributed by atoms with Crippen LogP contribution in [0.1, 0.15) is 5.69 Å². The Labute approximate surface area is 102 Å². The standard InChI is InChI=1S/C11H6ClFN4/c12-9-2-1-7(13)5-10(9)17-11-15-4-3-8(6-14)16-11/h1-5H,(H,15,16,17). The molecule has 0 fully saturated rings. The molecule has 0 aliphatic heterocycles. The summed E-state index contributed by atoms with van der Waals surface area (Å²) in [6.07, 6.45) is 1.43. The highest BCUT2D eigenvalue weighted by Gasteiger charge is 2.04. The fourth-order valence-electron chi connectivity index (χ4n) is 1.19. The SMILES string of the molecule is N#Cc1ccnc(Nc2cc(F)ccc2Cl)n1. The molecular weight excluding hydrogens is 243 g/mol. The zero-order valence-corrected chi connectivity index (χ0v) is 9.24. The van der Waals surface area contributed by atoms with Crippen LogP contribution in [0.15, 0.2) is 30.5 Å². The van der Waals surface area contributed by atoms with Crippen LogP contribution in [0.4, 0.5) is 16.0 Å². The normalized spacial score (nSPS) is 9.71. The molecule has 0 amide bonds. The first-order valence-corrected chi connectivity index (χ1v) is 5.02. The number of hydrogen-bond donors (Lipinski definition) is 1. The number of halogens is 2. The molecule has 0 aliphatic rings. The highest BCUT2D eigenvalue weighted by atomic mass is 35.5. The fraction of sp³-hybridized carbons (Fsp3) is 0. The summed E-state index contributed by atoms with van der Waals surface area (Å²) < 4.78 is 13.0. The van der Waals surface area contributed by atoms with Crippen molar-refractivity contribution < 1.29 is 4.39 Å². The maximum absolute atomic E-state index is 13.0. The van der Waals surface area contributed by atoms with Crippen LogP contribution in [0.25, 0.3) is 0 Å². The molecule has 0 unspecified atom stereocenters. The van der Waals surface area contributed by atoms with Crippen molar-refractivity contribution in [3.63, 3.8) is 0 Å². The predicted octanol–water partition coefficient (Wildman–Crippen LogP) is 2.88. The van der Waals surface area contributed by atoms with E-state index in [0.717, 1.165) is 0 Å². The Morgan fingerprint density at radius 2 is 2.18 bits per heavy atom. The molecule has 1 heterocycles. The summed E-state index contributed by atoms with van der Waals surface area (Å²) in [5.41, 5.74) is 0.566. The summed E-state index contributed by atoms with van der Waals surface area (Å²) in [6, 6.07) is 7.25. The Bertz CT molecular complexity index is 594. The number of anilines is 2. The van der Waals surface area contributed by atoms with Crippen molar-refractivity contribution in [3.05, 3.63) is 47.0 Å². The quantitative estimate of drug-likeness (QED) is 0.888. The highest BCUT2D eigenvalue weighted by molar-refractivity contribution is 6.33. The molecular formula is C11H6ClFN4. The van der Waals surface area contributed by atoms with Gasteiger partial charge in [-0.05, 0) is 24.3 Å². The minimum Gasteiger partial charge on any atom is -0.323 e. The topological polar surface area (TPSA) is 61.6 Å². The van der Waals surface area contributed by atoms with Gasteiger partial charge in [-0.15, -0.1) is 0 Å². The minimum absolute atomic E-state index is 0.191. The molecule has 0 radical (unpaired) electrons. The van der Waals surface area contributed by atoms with E-state index >= 15 is 0 Å². The second kappa shape index (κ2) is 4.76. The van der Waals surface area contributed by atoms with Gasteiger partial charge in [-0.2, -0.15) is 5.26 Å². The zero-order valence-electron chi connectivity index (χ0n) is 8.48. The molecule has 0 aliphatic carbocycles. The van der Waals surface area contributed by atoms with Crippen molar-refractivity contribution in [2.75, 3.05) is 5.32 Å². The molecule has 6 heteroatoms. The van der Waals surface area contributed by atoms with Crippen LogP contribution in [-0.4, -0.2) is 9.97 Å². The van der Waals surface area contributed by atoms with Crippen LogP contribution in [0.3, 0.4) is 0 Å². The van der Waals surface area contributed by atoms with E-state index in [1.807, 2.05) is 6.07 Å². The first-order valence-electron chi connectivity index (χ1n) is 4.64. The van der Waals surface area contributed by atoms with E-state index in [2.05, 4.69) is 15.3 Å². The fourth-order valence-corrected chi connectivity index (χ4v) is 1.36. The molecule has 84 valence electrons. The third kappa shape index (κ3) is 2.68. The van der Waals surface area contributed by atoms with Gasteiger partial charge in [0.15, 0.2) is 0 Å². The summed E-state index contributed by atoms with van der Waals surface area (Å²) >= 11 is 5.87. The largest absolute Gasteiger partial charge is 0.323 e. The van der Waals surface area contributed by atoms with Gasteiger partial charge >= 0.3 is 0 Å². The molecule has 17 heavy (non-hydrogen) atoms. The molecule has 1 aromatic carbocycles. The van der Waals surface area contributed by atoms with Crippen molar-refractivity contribution >= 4 is 23.2 Å². The first kappa shape index (κ1) is 11.3. The number of nitrogens with one attached hydrogen (secondary N) is 1. The maximum Gasteiger partial charge on any atom is 0.228 e. The lowest BCUT2D eigenvalue weighted by Gasteiger charge is -2.06. The zero-order chi connectivity index (χ0) is 12.3. The van der Waals surface area contributed by atoms with E-state index < -0.39 is 5.82 Å². The summed E-state index contributed by atoms with van der Waals surface area (Å²) in [5, 5.41) is 11.8. The summed E-state index contributed by atoms with van der Waals surface area (Å²) in [5.74, 6) is -0.232. The number of benzene rings is 1. The Hall–Kier alpha value is -2.19. The first-order chi connectivity index (χ1) is 8.19. The van der Waals surface area contributed by atoms with Gasteiger partial charge in [-0.1, -0.05) is 11.6 Å². The van der Waals surface area contributed by atoms with Crippen LogP contribution in [-0.2, 0) is 0 Å². The van der Waals surface area contributed by atoms with Crippen molar-refractivity contribution in [2.24, 2.45) is 0 Å². The van der Waals surface area contributed by atoms with Gasteiger partial charge in [-0.25, -0.2) is 14.4 Å². The van der Waals surface area contributed by atoms with Gasteiger partial charge in [0.1, 0.15) is 17.6 Å². The van der Waals surface area contributed by atoms with E-state index in [9.17, 15) is 4.39 Å². The number of hydrogen-bond acceptors (Lipinski definition) is 4. The third-order valence-corrected chi connectivity index (χ3v) is 2.27. The van der Waals surface area contributed by atoms with Crippen molar-refractivity contribution in [1.29, 1.82) is 5.26 Å². The average Bonchev–Trinajstić information content (AvgIpc) is 2.34. The summed E-state index contributed by atoms with van der Waals surface area (Å²) in [6.45, 7) is 0. The molecule has 0 spiro atoms. The lowest BCUT2D eigenvalue weighted by Crippen LogP contribution is -1.98. The molecule has 1 N–H and O–H groups in total. The Morgan fingerprint density at radius 3 is 2.94 bits per heavy atom. The summed E-state index contributed by atoms with van der Waals surface area (Å²) in [4.78, 5) is 7.79. The number of aromatic nitrogens is 2. The van der Waals surface area contributed by atoms with Crippen molar-refractivity contribution in [2.45, 2.75) is 0 Å². The Balaban J connectivity index is 2.31. The van der Waals surface area contributed by atoms with Crippen LogP contribution < -0.4 is 5.32 Å². The van der Waals surface area contributed by atoms with Crippen LogP contribution >= 0.6 is 11.6 Å². The molecule has 4 nitrogen and oxygen atoms in total. The van der Waals surface area contributed by atoms with E-state index in [0.29, 0.717) is 10.7 Å². The average molecular weight is 249 g/mol. The number of nitriles is 1. The predicted molar refractivity (Wildman–Crippen MR) is 61.4 cm³/mol.